The van der Waals surface area contributed by atoms with Gasteiger partial charge in [-0.1, -0.05) is 18.2 Å². The molecule has 0 bridgehead atoms. The van der Waals surface area contributed by atoms with Crippen LogP contribution in [-0.2, 0) is 6.54 Å². The molecule has 2 aromatic rings. The first-order valence-corrected chi connectivity index (χ1v) is 6.04. The molecule has 0 atom stereocenters. The summed E-state index contributed by atoms with van der Waals surface area (Å²) in [6.07, 6.45) is 0. The molecule has 5 heteroatoms. The molecule has 0 heterocycles. The Balaban J connectivity index is 2.22. The molecular weight excluding hydrogens is 258 g/mol. The summed E-state index contributed by atoms with van der Waals surface area (Å²) in [7, 11) is 1.51. The van der Waals surface area contributed by atoms with Crippen molar-refractivity contribution in [2.75, 3.05) is 12.4 Å². The van der Waals surface area contributed by atoms with Crippen molar-refractivity contribution < 1.29 is 19.7 Å². The molecule has 20 heavy (non-hydrogen) atoms. The van der Waals surface area contributed by atoms with Crippen LogP contribution >= 0.6 is 0 Å². The van der Waals surface area contributed by atoms with Crippen molar-refractivity contribution in [1.29, 1.82) is 0 Å². The quantitative estimate of drug-likeness (QED) is 0.780. The van der Waals surface area contributed by atoms with E-state index in [-0.39, 0.29) is 11.3 Å². The van der Waals surface area contributed by atoms with E-state index in [1.54, 1.807) is 24.3 Å². The average Bonchev–Trinajstić information content (AvgIpc) is 2.46. The van der Waals surface area contributed by atoms with Gasteiger partial charge < -0.3 is 20.3 Å². The summed E-state index contributed by atoms with van der Waals surface area (Å²) >= 11 is 0. The number of carboxylic acids is 1. The number of carbonyl (C=O) groups is 1. The third kappa shape index (κ3) is 3.00. The van der Waals surface area contributed by atoms with Gasteiger partial charge in [0.15, 0.2) is 0 Å². The molecule has 0 fully saturated rings. The summed E-state index contributed by atoms with van der Waals surface area (Å²) in [6.45, 7) is 0.367. The molecule has 0 saturated heterocycles. The second kappa shape index (κ2) is 5.97. The fourth-order valence-electron chi connectivity index (χ4n) is 1.83. The van der Waals surface area contributed by atoms with Crippen LogP contribution in [0.3, 0.4) is 0 Å². The lowest BCUT2D eigenvalue weighted by Crippen LogP contribution is -2.04. The van der Waals surface area contributed by atoms with Gasteiger partial charge in [-0.2, -0.15) is 0 Å². The van der Waals surface area contributed by atoms with Crippen LogP contribution in [-0.4, -0.2) is 23.3 Å². The maximum Gasteiger partial charge on any atom is 0.335 e. The second-order valence-corrected chi connectivity index (χ2v) is 4.20. The number of hydrogen-bond donors (Lipinski definition) is 3. The number of anilines is 1. The zero-order valence-electron chi connectivity index (χ0n) is 11.0. The Morgan fingerprint density at radius 1 is 1.25 bits per heavy atom. The number of aromatic hydroxyl groups is 1. The second-order valence-electron chi connectivity index (χ2n) is 4.20. The highest BCUT2D eigenvalue weighted by Gasteiger charge is 2.09. The van der Waals surface area contributed by atoms with Crippen LogP contribution in [0, 0.1) is 0 Å². The molecule has 2 aromatic carbocycles. The standard InChI is InChI=1S/C15H15NO4/c1-20-14-7-6-10(15(18)19)8-12(14)16-9-11-4-2-3-5-13(11)17/h2-8,16-17H,9H2,1H3,(H,18,19). The van der Waals surface area contributed by atoms with Crippen molar-refractivity contribution in [3.05, 3.63) is 53.6 Å². The Morgan fingerprint density at radius 2 is 2.00 bits per heavy atom. The fraction of sp³-hybridized carbons (Fsp3) is 0.133. The molecule has 0 radical (unpaired) electrons. The molecule has 0 aliphatic heterocycles. The fourth-order valence-corrected chi connectivity index (χ4v) is 1.83. The van der Waals surface area contributed by atoms with E-state index in [2.05, 4.69) is 5.32 Å². The Bertz CT molecular complexity index is 625. The van der Waals surface area contributed by atoms with Gasteiger partial charge in [0.2, 0.25) is 0 Å². The number of hydrogen-bond acceptors (Lipinski definition) is 4. The molecule has 104 valence electrons. The number of phenols is 1. The maximum atomic E-state index is 11.0. The van der Waals surface area contributed by atoms with E-state index in [4.69, 9.17) is 9.84 Å². The number of methoxy groups -OCH3 is 1. The molecule has 0 aromatic heterocycles. The third-order valence-electron chi connectivity index (χ3n) is 2.91. The van der Waals surface area contributed by atoms with Gasteiger partial charge in [0.25, 0.3) is 0 Å². The van der Waals surface area contributed by atoms with Gasteiger partial charge in [0.05, 0.1) is 18.4 Å². The summed E-state index contributed by atoms with van der Waals surface area (Å²) in [5.74, 6) is -0.267. The Hall–Kier alpha value is -2.69. The van der Waals surface area contributed by atoms with Crippen molar-refractivity contribution in [2.24, 2.45) is 0 Å². The largest absolute Gasteiger partial charge is 0.508 e. The summed E-state index contributed by atoms with van der Waals surface area (Å²) in [5, 5.41) is 21.8. The lowest BCUT2D eigenvalue weighted by molar-refractivity contribution is 0.0697. The molecule has 0 unspecified atom stereocenters. The minimum Gasteiger partial charge on any atom is -0.508 e. The van der Waals surface area contributed by atoms with Crippen molar-refractivity contribution in [3.63, 3.8) is 0 Å². The van der Waals surface area contributed by atoms with Crippen LogP contribution < -0.4 is 10.1 Å². The van der Waals surface area contributed by atoms with Crippen molar-refractivity contribution in [2.45, 2.75) is 6.54 Å². The van der Waals surface area contributed by atoms with E-state index < -0.39 is 5.97 Å². The lowest BCUT2D eigenvalue weighted by Gasteiger charge is -2.12. The third-order valence-corrected chi connectivity index (χ3v) is 2.91. The summed E-state index contributed by atoms with van der Waals surface area (Å²) in [4.78, 5) is 11.0. The lowest BCUT2D eigenvalue weighted by atomic mass is 10.1. The number of benzene rings is 2. The maximum absolute atomic E-state index is 11.0. The molecule has 0 amide bonds. The number of aromatic carboxylic acids is 1. The van der Waals surface area contributed by atoms with Gasteiger partial charge >= 0.3 is 5.97 Å². The van der Waals surface area contributed by atoms with Gasteiger partial charge in [-0.05, 0) is 24.3 Å². The minimum absolute atomic E-state index is 0.172. The molecule has 0 aliphatic rings. The smallest absolute Gasteiger partial charge is 0.335 e. The number of nitrogens with one attached hydrogen (secondary N) is 1. The molecule has 0 saturated carbocycles. The molecule has 0 spiro atoms. The average molecular weight is 273 g/mol. The Morgan fingerprint density at radius 3 is 2.65 bits per heavy atom. The molecular formula is C15H15NO4. The van der Waals surface area contributed by atoms with E-state index >= 15 is 0 Å². The molecule has 3 N–H and O–H groups in total. The van der Waals surface area contributed by atoms with Crippen LogP contribution in [0.15, 0.2) is 42.5 Å². The zero-order valence-corrected chi connectivity index (χ0v) is 11.0. The van der Waals surface area contributed by atoms with Crippen LogP contribution in [0.25, 0.3) is 0 Å². The zero-order chi connectivity index (χ0) is 14.5. The highest BCUT2D eigenvalue weighted by molar-refractivity contribution is 5.89. The predicted molar refractivity (Wildman–Crippen MR) is 75.4 cm³/mol. The SMILES string of the molecule is COc1ccc(C(=O)O)cc1NCc1ccccc1O. The van der Waals surface area contributed by atoms with Crippen LogP contribution in [0.1, 0.15) is 15.9 Å². The predicted octanol–water partition coefficient (Wildman–Crippen LogP) is 2.71. The number of phenolic OH excluding ortho intramolecular Hbond substituents is 1. The van der Waals surface area contributed by atoms with Gasteiger partial charge in [-0.3, -0.25) is 0 Å². The highest BCUT2D eigenvalue weighted by atomic mass is 16.5. The van der Waals surface area contributed by atoms with E-state index in [1.807, 2.05) is 6.07 Å². The first kappa shape index (κ1) is 13.7. The molecule has 2 rings (SSSR count). The van der Waals surface area contributed by atoms with E-state index in [0.717, 1.165) is 5.56 Å². The molecule has 5 nitrogen and oxygen atoms in total. The summed E-state index contributed by atoms with van der Waals surface area (Å²) < 4.78 is 5.18. The Labute approximate surface area is 116 Å². The van der Waals surface area contributed by atoms with Crippen molar-refractivity contribution in [3.8, 4) is 11.5 Å². The first-order chi connectivity index (χ1) is 9.61. The number of ether oxygens (including phenoxy) is 1. The van der Waals surface area contributed by atoms with E-state index in [0.29, 0.717) is 18.0 Å². The van der Waals surface area contributed by atoms with Gasteiger partial charge in [-0.25, -0.2) is 4.79 Å². The van der Waals surface area contributed by atoms with Crippen LogP contribution in [0.5, 0.6) is 11.5 Å². The van der Waals surface area contributed by atoms with E-state index in [1.165, 1.54) is 19.2 Å². The van der Waals surface area contributed by atoms with Gasteiger partial charge in [0.1, 0.15) is 11.5 Å². The molecule has 0 aliphatic carbocycles. The van der Waals surface area contributed by atoms with Crippen molar-refractivity contribution in [1.82, 2.24) is 0 Å². The van der Waals surface area contributed by atoms with Gasteiger partial charge in [-0.15, -0.1) is 0 Å². The minimum atomic E-state index is -1.00. The number of carboxylic acid groups (broad SMARTS) is 1. The Kier molecular flexibility index (Phi) is 4.10. The van der Waals surface area contributed by atoms with Crippen molar-refractivity contribution >= 4 is 11.7 Å². The van der Waals surface area contributed by atoms with Gasteiger partial charge in [0, 0.05) is 12.1 Å². The number of rotatable bonds is 5. The first-order valence-electron chi connectivity index (χ1n) is 6.04. The highest BCUT2D eigenvalue weighted by Crippen LogP contribution is 2.27. The van der Waals surface area contributed by atoms with Crippen LogP contribution in [0.4, 0.5) is 5.69 Å². The summed E-state index contributed by atoms with van der Waals surface area (Å²) in [6, 6.07) is 11.5. The summed E-state index contributed by atoms with van der Waals surface area (Å²) in [5.41, 5.74) is 1.46. The normalized spacial score (nSPS) is 10.1. The topological polar surface area (TPSA) is 78.8 Å². The monoisotopic (exact) mass is 273 g/mol. The van der Waals surface area contributed by atoms with E-state index in [9.17, 15) is 9.90 Å². The van der Waals surface area contributed by atoms with Crippen LogP contribution in [0.2, 0.25) is 0 Å². The number of para-hydroxylation sites is 1.